The van der Waals surface area contributed by atoms with Crippen molar-refractivity contribution in [3.63, 3.8) is 0 Å². The fraction of sp³-hybridized carbons (Fsp3) is 0.435. The average molecular weight is 490 g/mol. The zero-order valence-corrected chi connectivity index (χ0v) is 19.3. The predicted octanol–water partition coefficient (Wildman–Crippen LogP) is 3.35. The lowest BCUT2D eigenvalue weighted by Gasteiger charge is -2.33. The predicted molar refractivity (Wildman–Crippen MR) is 123 cm³/mol. The van der Waals surface area contributed by atoms with E-state index in [1.165, 1.54) is 40.8 Å². The summed E-state index contributed by atoms with van der Waals surface area (Å²) >= 11 is 0. The highest BCUT2D eigenvalue weighted by Gasteiger charge is 2.36. The number of likely N-dealkylation sites (tertiary alicyclic amines) is 1. The number of benzene rings is 1. The number of fused-ring (bicyclic) bond motifs is 2. The number of halogens is 3. The SMILES string of the molecule is COCCN1CCC[C@@H](n2c(=O)[nH]c3cc(-c4cc(OC)c5ncnn5c4)c(C(F)(F)F)cc32)C1. The second-order valence-corrected chi connectivity index (χ2v) is 8.63. The summed E-state index contributed by atoms with van der Waals surface area (Å²) in [6, 6.07) is 3.69. The Balaban J connectivity index is 1.65. The van der Waals surface area contributed by atoms with E-state index in [4.69, 9.17) is 9.47 Å². The summed E-state index contributed by atoms with van der Waals surface area (Å²) in [6.45, 7) is 2.69. The molecule has 1 saturated heterocycles. The molecule has 35 heavy (non-hydrogen) atoms. The quantitative estimate of drug-likeness (QED) is 0.446. The van der Waals surface area contributed by atoms with Crippen LogP contribution in [0.4, 0.5) is 13.2 Å². The van der Waals surface area contributed by atoms with E-state index >= 15 is 0 Å². The van der Waals surface area contributed by atoms with Gasteiger partial charge in [0.1, 0.15) is 6.33 Å². The maximum atomic E-state index is 14.3. The third kappa shape index (κ3) is 4.27. The van der Waals surface area contributed by atoms with Crippen LogP contribution in [-0.2, 0) is 10.9 Å². The van der Waals surface area contributed by atoms with Crippen molar-refractivity contribution in [1.29, 1.82) is 0 Å². The van der Waals surface area contributed by atoms with Crippen molar-refractivity contribution in [1.82, 2.24) is 29.0 Å². The maximum Gasteiger partial charge on any atom is 0.417 e. The van der Waals surface area contributed by atoms with Gasteiger partial charge in [0.05, 0.1) is 36.4 Å². The zero-order valence-electron chi connectivity index (χ0n) is 19.3. The van der Waals surface area contributed by atoms with Crippen molar-refractivity contribution in [2.75, 3.05) is 40.5 Å². The van der Waals surface area contributed by atoms with Gasteiger partial charge in [-0.2, -0.15) is 18.3 Å². The van der Waals surface area contributed by atoms with Gasteiger partial charge in [-0.05, 0) is 43.1 Å². The van der Waals surface area contributed by atoms with Crippen LogP contribution in [-0.4, -0.2) is 69.5 Å². The Hall–Kier alpha value is -3.38. The fourth-order valence-corrected chi connectivity index (χ4v) is 4.87. The minimum atomic E-state index is -4.65. The van der Waals surface area contributed by atoms with E-state index < -0.39 is 17.4 Å². The van der Waals surface area contributed by atoms with Gasteiger partial charge in [-0.3, -0.25) is 9.47 Å². The molecule has 1 aliphatic rings. The van der Waals surface area contributed by atoms with Gasteiger partial charge in [0.2, 0.25) is 0 Å². The molecule has 4 heterocycles. The molecule has 1 atom stereocenters. The number of aromatic amines is 1. The van der Waals surface area contributed by atoms with Crippen molar-refractivity contribution in [2.24, 2.45) is 0 Å². The Labute approximate surface area is 198 Å². The number of pyridine rings is 1. The topological polar surface area (TPSA) is 89.7 Å². The molecule has 12 heteroatoms. The average Bonchev–Trinajstić information content (AvgIpc) is 3.44. The molecule has 3 aromatic heterocycles. The van der Waals surface area contributed by atoms with Crippen LogP contribution in [0.25, 0.3) is 27.8 Å². The highest BCUT2D eigenvalue weighted by molar-refractivity contribution is 5.85. The van der Waals surface area contributed by atoms with Crippen molar-refractivity contribution < 1.29 is 22.6 Å². The summed E-state index contributed by atoms with van der Waals surface area (Å²) in [5.74, 6) is 0.289. The van der Waals surface area contributed by atoms with Gasteiger partial charge in [-0.1, -0.05) is 0 Å². The van der Waals surface area contributed by atoms with E-state index in [0.717, 1.165) is 19.0 Å². The summed E-state index contributed by atoms with van der Waals surface area (Å²) in [7, 11) is 3.04. The van der Waals surface area contributed by atoms with Crippen LogP contribution < -0.4 is 10.4 Å². The molecule has 4 aromatic rings. The normalized spacial score (nSPS) is 17.5. The van der Waals surface area contributed by atoms with E-state index in [1.54, 1.807) is 7.11 Å². The number of hydrogen-bond donors (Lipinski definition) is 1. The van der Waals surface area contributed by atoms with E-state index in [0.29, 0.717) is 37.3 Å². The number of methoxy groups -OCH3 is 2. The standard InChI is InChI=1S/C23H25F3N6O3/c1-34-7-6-30-5-3-4-15(12-30)32-19-10-17(23(24,25)26)16(9-18(19)29-22(32)33)14-8-20(35-2)21-27-13-28-31(21)11-14/h8-11,13,15H,3-7,12H2,1-2H3,(H,29,33)/t15-/m1/s1. The molecule has 0 saturated carbocycles. The van der Waals surface area contributed by atoms with E-state index in [1.807, 2.05) is 0 Å². The molecule has 0 amide bonds. The van der Waals surface area contributed by atoms with Gasteiger partial charge in [-0.25, -0.2) is 14.3 Å². The van der Waals surface area contributed by atoms with Gasteiger partial charge in [-0.15, -0.1) is 0 Å². The van der Waals surface area contributed by atoms with E-state index in [2.05, 4.69) is 20.0 Å². The highest BCUT2D eigenvalue weighted by atomic mass is 19.4. The largest absolute Gasteiger partial charge is 0.493 e. The molecular formula is C23H25F3N6O3. The summed E-state index contributed by atoms with van der Waals surface area (Å²) in [6.07, 6.45) is -0.337. The Morgan fingerprint density at radius 2 is 2.06 bits per heavy atom. The lowest BCUT2D eigenvalue weighted by atomic mass is 9.99. The number of rotatable bonds is 6. The molecule has 186 valence electrons. The number of piperidine rings is 1. The Bertz CT molecular complexity index is 1420. The van der Waals surface area contributed by atoms with Gasteiger partial charge in [0, 0.05) is 32.0 Å². The molecule has 1 aromatic carbocycles. The molecule has 0 spiro atoms. The zero-order chi connectivity index (χ0) is 24.7. The summed E-state index contributed by atoms with van der Waals surface area (Å²) in [5, 5.41) is 4.04. The molecule has 0 radical (unpaired) electrons. The van der Waals surface area contributed by atoms with Gasteiger partial charge >= 0.3 is 11.9 Å². The summed E-state index contributed by atoms with van der Waals surface area (Å²) < 4.78 is 56.2. The molecule has 9 nitrogen and oxygen atoms in total. The molecule has 0 aliphatic carbocycles. The number of hydrogen-bond acceptors (Lipinski definition) is 6. The molecule has 1 N–H and O–H groups in total. The van der Waals surface area contributed by atoms with Crippen LogP contribution in [0.2, 0.25) is 0 Å². The van der Waals surface area contributed by atoms with Crippen LogP contribution >= 0.6 is 0 Å². The molecular weight excluding hydrogens is 465 g/mol. The number of imidazole rings is 1. The minimum absolute atomic E-state index is 0.0838. The second-order valence-electron chi connectivity index (χ2n) is 8.63. The van der Waals surface area contributed by atoms with Gasteiger partial charge in [0.25, 0.3) is 0 Å². The van der Waals surface area contributed by atoms with Gasteiger partial charge < -0.3 is 14.5 Å². The third-order valence-electron chi connectivity index (χ3n) is 6.49. The van der Waals surface area contributed by atoms with Crippen LogP contribution in [0.5, 0.6) is 5.75 Å². The first kappa shape index (κ1) is 23.4. The number of ether oxygens (including phenoxy) is 2. The number of nitrogens with one attached hydrogen (secondary N) is 1. The monoisotopic (exact) mass is 490 g/mol. The number of H-pyrrole nitrogens is 1. The van der Waals surface area contributed by atoms with E-state index in [-0.39, 0.29) is 28.4 Å². The first-order chi connectivity index (χ1) is 16.8. The summed E-state index contributed by atoms with van der Waals surface area (Å²) in [4.78, 5) is 22.0. The smallest absolute Gasteiger partial charge is 0.417 e. The molecule has 5 rings (SSSR count). The van der Waals surface area contributed by atoms with Crippen LogP contribution in [0.1, 0.15) is 24.4 Å². The number of aromatic nitrogens is 5. The Morgan fingerprint density at radius 1 is 1.23 bits per heavy atom. The second kappa shape index (κ2) is 9.00. The van der Waals surface area contributed by atoms with Crippen molar-refractivity contribution in [3.8, 4) is 16.9 Å². The highest BCUT2D eigenvalue weighted by Crippen LogP contribution is 2.40. The number of nitrogens with zero attached hydrogens (tertiary/aromatic N) is 5. The Kier molecular flexibility index (Phi) is 6.01. The lowest BCUT2D eigenvalue weighted by molar-refractivity contribution is -0.137. The van der Waals surface area contributed by atoms with Crippen molar-refractivity contribution >= 4 is 16.7 Å². The van der Waals surface area contributed by atoms with Gasteiger partial charge in [0.15, 0.2) is 11.4 Å². The van der Waals surface area contributed by atoms with E-state index in [9.17, 15) is 18.0 Å². The first-order valence-electron chi connectivity index (χ1n) is 11.2. The fourth-order valence-electron chi connectivity index (χ4n) is 4.87. The maximum absolute atomic E-state index is 14.3. The molecule has 1 fully saturated rings. The lowest BCUT2D eigenvalue weighted by Crippen LogP contribution is -2.40. The van der Waals surface area contributed by atoms with Crippen LogP contribution in [0.15, 0.2) is 35.5 Å². The van der Waals surface area contributed by atoms with Crippen LogP contribution in [0, 0.1) is 0 Å². The molecule has 0 bridgehead atoms. The Morgan fingerprint density at radius 3 is 2.80 bits per heavy atom. The van der Waals surface area contributed by atoms with Crippen LogP contribution in [0.3, 0.4) is 0 Å². The molecule has 0 unspecified atom stereocenters. The third-order valence-corrected chi connectivity index (χ3v) is 6.49. The van der Waals surface area contributed by atoms with Crippen molar-refractivity contribution in [2.45, 2.75) is 25.1 Å². The summed E-state index contributed by atoms with van der Waals surface area (Å²) in [5.41, 5.74) is -0.144. The number of alkyl halides is 3. The first-order valence-corrected chi connectivity index (χ1v) is 11.2. The van der Waals surface area contributed by atoms with Crippen molar-refractivity contribution in [3.05, 3.63) is 46.8 Å². The minimum Gasteiger partial charge on any atom is -0.493 e. The molecule has 1 aliphatic heterocycles.